The molecule has 0 saturated heterocycles. The molecule has 6 N–H and O–H groups in total. The van der Waals surface area contributed by atoms with E-state index < -0.39 is 40.1 Å². The minimum Gasteiger partial charge on any atom is -0.381 e. The molecule has 0 saturated carbocycles. The van der Waals surface area contributed by atoms with Gasteiger partial charge in [-0.3, -0.25) is 9.13 Å². The largest absolute Gasteiger partial charge is 0.381 e. The van der Waals surface area contributed by atoms with Crippen molar-refractivity contribution >= 4 is 15.2 Å². The van der Waals surface area contributed by atoms with Crippen molar-refractivity contribution in [2.75, 3.05) is 13.5 Å². The molecule has 0 aromatic carbocycles. The molecule has 0 bridgehead atoms. The van der Waals surface area contributed by atoms with Crippen LogP contribution in [0.1, 0.15) is 19.8 Å². The molecule has 104 valence electrons. The molecule has 9 nitrogen and oxygen atoms in total. The summed E-state index contributed by atoms with van der Waals surface area (Å²) in [7, 11) is -10.6. The van der Waals surface area contributed by atoms with Gasteiger partial charge in [0, 0.05) is 0 Å². The fourth-order valence-corrected chi connectivity index (χ4v) is 4.97. The average Bonchev–Trinajstić information content (AvgIpc) is 2.14. The van der Waals surface area contributed by atoms with Crippen molar-refractivity contribution in [2.45, 2.75) is 24.8 Å². The molecule has 0 aliphatic carbocycles. The quantitative estimate of drug-likeness (QED) is 0.255. The summed E-state index contributed by atoms with van der Waals surface area (Å²) in [4.78, 5) is 37.0. The van der Waals surface area contributed by atoms with E-state index in [-0.39, 0.29) is 11.3 Å². The highest BCUT2D eigenvalue weighted by Gasteiger charge is 2.63. The van der Waals surface area contributed by atoms with Gasteiger partial charge in [0.25, 0.3) is 0 Å². The Bertz CT molecular complexity index is 309. The molecular formula is C6H17NO8P2. The molecule has 0 aromatic heterocycles. The van der Waals surface area contributed by atoms with Gasteiger partial charge in [-0.1, -0.05) is 13.3 Å². The smallest absolute Gasteiger partial charge is 0.358 e. The summed E-state index contributed by atoms with van der Waals surface area (Å²) in [6, 6.07) is 0. The molecule has 0 unspecified atom stereocenters. The molecule has 0 amide bonds. The summed E-state index contributed by atoms with van der Waals surface area (Å²) in [5, 5.41) is 14.9. The highest BCUT2D eigenvalue weighted by atomic mass is 31.2. The highest BCUT2D eigenvalue weighted by molar-refractivity contribution is 7.72. The van der Waals surface area contributed by atoms with E-state index in [2.05, 4.69) is 0 Å². The summed E-state index contributed by atoms with van der Waals surface area (Å²) >= 11 is 0. The van der Waals surface area contributed by atoms with Gasteiger partial charge in [0.15, 0.2) is 0 Å². The van der Waals surface area contributed by atoms with Crippen molar-refractivity contribution in [3.8, 4) is 0 Å². The molecule has 17 heavy (non-hydrogen) atoms. The van der Waals surface area contributed by atoms with Gasteiger partial charge in [-0.25, -0.2) is 4.90 Å². The van der Waals surface area contributed by atoms with Crippen LogP contribution in [0.15, 0.2) is 0 Å². The Balaban J connectivity index is 5.93. The van der Waals surface area contributed by atoms with Gasteiger partial charge in [0.2, 0.25) is 5.02 Å². The summed E-state index contributed by atoms with van der Waals surface area (Å²) in [6.07, 6.45) is -0.518. The van der Waals surface area contributed by atoms with Crippen molar-refractivity contribution in [3.05, 3.63) is 0 Å². The van der Waals surface area contributed by atoms with E-state index in [1.54, 1.807) is 0 Å². The molecular weight excluding hydrogens is 276 g/mol. The average molecular weight is 293 g/mol. The highest BCUT2D eigenvalue weighted by Crippen LogP contribution is 2.72. The van der Waals surface area contributed by atoms with Crippen LogP contribution in [-0.4, -0.2) is 53.2 Å². The lowest BCUT2D eigenvalue weighted by atomic mass is 10.3. The monoisotopic (exact) mass is 293 g/mol. The number of aliphatic hydroxyl groups is 2. The first kappa shape index (κ1) is 17.2. The standard InChI is InChI=1S/C6H17NO8P2/c1-2-3-6(16(10,11)12,17(13,14)15)7(4-8)5-9/h8-9H,2-5H2,1H3,(H2,10,11,12)(H2,13,14,15). The summed E-state index contributed by atoms with van der Waals surface area (Å²) in [5.74, 6) is 0. The van der Waals surface area contributed by atoms with Crippen LogP contribution in [0.4, 0.5) is 0 Å². The molecule has 0 aliphatic rings. The van der Waals surface area contributed by atoms with Gasteiger partial charge in [-0.05, 0) is 6.42 Å². The van der Waals surface area contributed by atoms with Crippen LogP contribution in [0.2, 0.25) is 0 Å². The molecule has 0 fully saturated rings. The molecule has 0 atom stereocenters. The Morgan fingerprint density at radius 1 is 1.00 bits per heavy atom. The van der Waals surface area contributed by atoms with Crippen molar-refractivity contribution in [1.82, 2.24) is 4.90 Å². The van der Waals surface area contributed by atoms with Crippen molar-refractivity contribution in [2.24, 2.45) is 0 Å². The van der Waals surface area contributed by atoms with Gasteiger partial charge in [0.05, 0.1) is 13.5 Å². The Kier molecular flexibility index (Phi) is 5.94. The van der Waals surface area contributed by atoms with Crippen LogP contribution in [0.5, 0.6) is 0 Å². The number of nitrogens with zero attached hydrogens (tertiary/aromatic N) is 1. The van der Waals surface area contributed by atoms with Gasteiger partial charge in [0.1, 0.15) is 0 Å². The van der Waals surface area contributed by atoms with Crippen LogP contribution in [0.3, 0.4) is 0 Å². The maximum absolute atomic E-state index is 11.4. The van der Waals surface area contributed by atoms with Crippen LogP contribution in [0, 0.1) is 0 Å². The molecule has 11 heteroatoms. The lowest BCUT2D eigenvalue weighted by molar-refractivity contribution is -0.0117. The third kappa shape index (κ3) is 3.14. The first-order valence-electron chi connectivity index (χ1n) is 4.66. The number of aliphatic hydroxyl groups excluding tert-OH is 2. The first-order chi connectivity index (χ1) is 7.58. The second-order valence-corrected chi connectivity index (χ2v) is 7.44. The molecule has 0 heterocycles. The zero-order valence-corrected chi connectivity index (χ0v) is 11.0. The van der Waals surface area contributed by atoms with Gasteiger partial charge in [-0.2, -0.15) is 0 Å². The maximum atomic E-state index is 11.4. The van der Waals surface area contributed by atoms with Crippen LogP contribution in [-0.2, 0) is 9.13 Å². The Morgan fingerprint density at radius 2 is 1.35 bits per heavy atom. The first-order valence-corrected chi connectivity index (χ1v) is 7.89. The second kappa shape index (κ2) is 5.88. The molecule has 0 spiro atoms. The number of hydrogen-bond acceptors (Lipinski definition) is 5. The number of rotatable bonds is 7. The zero-order chi connectivity index (χ0) is 13.9. The predicted molar refractivity (Wildman–Crippen MR) is 57.7 cm³/mol. The fourth-order valence-electron chi connectivity index (χ4n) is 1.59. The van der Waals surface area contributed by atoms with Crippen LogP contribution >= 0.6 is 15.2 Å². The fraction of sp³-hybridized carbons (Fsp3) is 1.00. The van der Waals surface area contributed by atoms with Gasteiger partial charge < -0.3 is 29.8 Å². The zero-order valence-electron chi connectivity index (χ0n) is 9.17. The second-order valence-electron chi connectivity index (χ2n) is 3.44. The van der Waals surface area contributed by atoms with Crippen molar-refractivity contribution in [1.29, 1.82) is 0 Å². The minimum absolute atomic E-state index is 0.0483. The van der Waals surface area contributed by atoms with E-state index in [0.717, 1.165) is 0 Å². The van der Waals surface area contributed by atoms with Gasteiger partial charge >= 0.3 is 15.2 Å². The van der Waals surface area contributed by atoms with Crippen LogP contribution < -0.4 is 0 Å². The lowest BCUT2D eigenvalue weighted by Gasteiger charge is -2.41. The normalized spacial score (nSPS) is 14.4. The molecule has 0 aliphatic heterocycles. The van der Waals surface area contributed by atoms with E-state index in [9.17, 15) is 28.7 Å². The van der Waals surface area contributed by atoms with E-state index in [1.165, 1.54) is 6.92 Å². The predicted octanol–water partition coefficient (Wildman–Crippen LogP) is -1.00. The summed E-state index contributed by atoms with van der Waals surface area (Å²) in [5.41, 5.74) is 0. The maximum Gasteiger partial charge on any atom is 0.358 e. The third-order valence-corrected chi connectivity index (χ3v) is 6.81. The van der Waals surface area contributed by atoms with Crippen molar-refractivity contribution in [3.63, 3.8) is 0 Å². The summed E-state index contributed by atoms with van der Waals surface area (Å²) < 4.78 is 22.8. The SMILES string of the molecule is CCCC(N(CO)CO)(P(=O)(O)O)P(=O)(O)O. The summed E-state index contributed by atoms with van der Waals surface area (Å²) in [6.45, 7) is -0.716. The van der Waals surface area contributed by atoms with E-state index in [4.69, 9.17) is 10.2 Å². The van der Waals surface area contributed by atoms with Crippen molar-refractivity contribution < 1.29 is 38.9 Å². The van der Waals surface area contributed by atoms with E-state index >= 15 is 0 Å². The molecule has 0 rings (SSSR count). The molecule has 0 aromatic rings. The minimum atomic E-state index is -5.29. The van der Waals surface area contributed by atoms with Crippen LogP contribution in [0.25, 0.3) is 0 Å². The number of hydrogen-bond donors (Lipinski definition) is 6. The Labute approximate surface area is 98.0 Å². The third-order valence-electron chi connectivity index (χ3n) is 2.37. The Hall–Kier alpha value is 0.180. The van der Waals surface area contributed by atoms with Gasteiger partial charge in [-0.15, -0.1) is 0 Å². The Morgan fingerprint density at radius 3 is 1.53 bits per heavy atom. The topological polar surface area (TPSA) is 159 Å². The van der Waals surface area contributed by atoms with E-state index in [0.29, 0.717) is 0 Å². The lowest BCUT2D eigenvalue weighted by Crippen LogP contribution is -2.49. The molecule has 0 radical (unpaired) electrons. The van der Waals surface area contributed by atoms with E-state index in [1.807, 2.05) is 0 Å².